The predicted molar refractivity (Wildman–Crippen MR) is 276 cm³/mol. The number of hydrogen-bond acceptors (Lipinski definition) is 20. The standard InChI is InChI=1S/C48H96N12O14/c1-26(2)15-16-40(65)73-38(25-62)46(71)57-32(14-12-18-53-48(51)52)44(69)59-34(20-28(5)6)45(70)60-35(21-29(7)8)47(72)74-37(30(9)63)22-54-31(13-10-11-17-49)43(68)58-33(19-27(3)4)42(67)55-23-39(64)56-36(24-61)41(50)66/h26-38,42,47-48,53-55,61-63,67,72H,10-25,49,51-52H2,1-9H3,(H2,50,66)(H,56,64)(H,57,71)(H,58,68)(H,59,69)(H,60,70). The summed E-state index contributed by atoms with van der Waals surface area (Å²) in [7, 11) is 0. The number of nitrogens with one attached hydrogen (secondary N) is 8. The van der Waals surface area contributed by atoms with Gasteiger partial charge in [-0.3, -0.25) is 44.2 Å². The van der Waals surface area contributed by atoms with Gasteiger partial charge >= 0.3 is 5.97 Å². The molecule has 0 aliphatic rings. The van der Waals surface area contributed by atoms with E-state index in [2.05, 4.69) is 42.5 Å². The molecule has 0 aliphatic carbocycles. The molecule has 0 aromatic rings. The van der Waals surface area contributed by atoms with Crippen LogP contribution in [0.15, 0.2) is 0 Å². The van der Waals surface area contributed by atoms with Crippen LogP contribution in [0.3, 0.4) is 0 Å². The summed E-state index contributed by atoms with van der Waals surface area (Å²) in [6.45, 7) is 14.7. The van der Waals surface area contributed by atoms with Crippen molar-refractivity contribution in [1.29, 1.82) is 0 Å². The lowest BCUT2D eigenvalue weighted by molar-refractivity contribution is -0.179. The highest BCUT2D eigenvalue weighted by atomic mass is 16.6. The normalized spacial score (nSPS) is 16.4. The molecule has 26 heteroatoms. The van der Waals surface area contributed by atoms with E-state index in [-0.39, 0.29) is 81.7 Å². The van der Waals surface area contributed by atoms with Crippen LogP contribution in [0.5, 0.6) is 0 Å². The molecule has 11 unspecified atom stereocenters. The maximum atomic E-state index is 14.2. The molecule has 0 saturated heterocycles. The molecule has 0 fully saturated rings. The van der Waals surface area contributed by atoms with E-state index in [1.54, 1.807) is 0 Å². The minimum absolute atomic E-state index is 0.0137. The minimum Gasteiger partial charge on any atom is -0.450 e. The Kier molecular flexibility index (Phi) is 36.2. The van der Waals surface area contributed by atoms with E-state index in [1.165, 1.54) is 6.92 Å². The van der Waals surface area contributed by atoms with E-state index in [0.717, 1.165) is 0 Å². The number of carbonyl (C=O) groups excluding carboxylic acids is 7. The van der Waals surface area contributed by atoms with Gasteiger partial charge in [-0.25, -0.2) is 0 Å². The van der Waals surface area contributed by atoms with Gasteiger partial charge in [0.15, 0.2) is 6.29 Å². The second-order valence-electron chi connectivity index (χ2n) is 20.5. The molecule has 0 saturated carbocycles. The quantitative estimate of drug-likeness (QED) is 0.0157. The van der Waals surface area contributed by atoms with Gasteiger partial charge in [0, 0.05) is 13.0 Å². The van der Waals surface area contributed by atoms with Gasteiger partial charge in [-0.05, 0) is 95.1 Å². The van der Waals surface area contributed by atoms with Crippen LogP contribution < -0.4 is 65.5 Å². The van der Waals surface area contributed by atoms with Crippen molar-refractivity contribution in [3.8, 4) is 0 Å². The zero-order chi connectivity index (χ0) is 56.7. The molecule has 6 amide bonds. The fraction of sp³-hybridized carbons (Fsp3) is 0.854. The lowest BCUT2D eigenvalue weighted by Gasteiger charge is -2.33. The van der Waals surface area contributed by atoms with E-state index in [1.807, 2.05) is 55.4 Å². The number of unbranched alkanes of at least 4 members (excludes halogenated alkanes) is 1. The zero-order valence-corrected chi connectivity index (χ0v) is 45.3. The van der Waals surface area contributed by atoms with Crippen molar-refractivity contribution in [2.45, 2.75) is 200 Å². The van der Waals surface area contributed by atoms with Crippen molar-refractivity contribution in [2.24, 2.45) is 46.6 Å². The van der Waals surface area contributed by atoms with Crippen LogP contribution in [-0.4, -0.2) is 180 Å². The minimum atomic E-state index is -1.72. The number of hydrogen-bond donors (Lipinski definition) is 17. The van der Waals surface area contributed by atoms with Crippen LogP contribution in [0.4, 0.5) is 0 Å². The van der Waals surface area contributed by atoms with Gasteiger partial charge in [0.2, 0.25) is 35.6 Å². The van der Waals surface area contributed by atoms with Gasteiger partial charge in [0.1, 0.15) is 30.6 Å². The summed E-state index contributed by atoms with van der Waals surface area (Å²) in [6, 6.07) is -6.73. The zero-order valence-electron chi connectivity index (χ0n) is 45.3. The highest BCUT2D eigenvalue weighted by Gasteiger charge is 2.35. The molecule has 11 atom stereocenters. The Bertz CT molecular complexity index is 1650. The van der Waals surface area contributed by atoms with Gasteiger partial charge in [-0.2, -0.15) is 0 Å². The van der Waals surface area contributed by atoms with Crippen LogP contribution >= 0.6 is 0 Å². The maximum Gasteiger partial charge on any atom is 0.306 e. The van der Waals surface area contributed by atoms with Crippen molar-refractivity contribution < 1.29 is 68.6 Å². The summed E-state index contributed by atoms with van der Waals surface area (Å²) in [5.74, 6) is -5.41. The van der Waals surface area contributed by atoms with Crippen molar-refractivity contribution in [3.63, 3.8) is 0 Å². The Morgan fingerprint density at radius 2 is 1.12 bits per heavy atom. The molecule has 0 rings (SSSR count). The predicted octanol–water partition coefficient (Wildman–Crippen LogP) is -3.98. The number of amides is 6. The van der Waals surface area contributed by atoms with Crippen LogP contribution in [0.2, 0.25) is 0 Å². The SMILES string of the molecule is CC(C)CCC(=O)OC(CO)C(=O)NC(CCCNC(N)N)C(=O)NC(CC(C)C)C(=O)NC(CC(C)C)C(O)OC(CNC(CCCCN)C(=O)NC(CC(C)C)C(O)NCC(=O)NC(CO)C(N)=O)C(C)O. The average Bonchev–Trinajstić information content (AvgIpc) is 3.30. The van der Waals surface area contributed by atoms with Gasteiger partial charge in [-0.1, -0.05) is 61.8 Å². The molecule has 0 aromatic carbocycles. The Balaban J connectivity index is 6.41. The lowest BCUT2D eigenvalue weighted by Crippen LogP contribution is -2.58. The Morgan fingerprint density at radius 1 is 0.568 bits per heavy atom. The topological polar surface area (TPSA) is 439 Å². The molecule has 0 aliphatic heterocycles. The monoisotopic (exact) mass is 1060 g/mol. The molecule has 0 heterocycles. The van der Waals surface area contributed by atoms with Crippen molar-refractivity contribution in [2.75, 3.05) is 39.4 Å². The molecule has 0 radical (unpaired) electrons. The summed E-state index contributed by atoms with van der Waals surface area (Å²) in [6.07, 6.45) is -5.28. The fourth-order valence-corrected chi connectivity index (χ4v) is 7.45. The fourth-order valence-electron chi connectivity index (χ4n) is 7.45. The molecular formula is C48H96N12O14. The van der Waals surface area contributed by atoms with Gasteiger partial charge in [-0.15, -0.1) is 0 Å². The number of carbonyl (C=O) groups is 7. The first-order chi connectivity index (χ1) is 34.6. The van der Waals surface area contributed by atoms with E-state index < -0.39 is 135 Å². The Morgan fingerprint density at radius 3 is 1.65 bits per heavy atom. The summed E-state index contributed by atoms with van der Waals surface area (Å²) in [5, 5.41) is 74.6. The molecule has 74 heavy (non-hydrogen) atoms. The van der Waals surface area contributed by atoms with E-state index >= 15 is 0 Å². The first-order valence-corrected chi connectivity index (χ1v) is 26.0. The van der Waals surface area contributed by atoms with Crippen molar-refractivity contribution in [1.82, 2.24) is 42.5 Å². The van der Waals surface area contributed by atoms with E-state index in [9.17, 15) is 59.1 Å². The Labute approximate surface area is 437 Å². The smallest absolute Gasteiger partial charge is 0.306 e. The number of primary amides is 1. The number of ether oxygens (including phenoxy) is 2. The van der Waals surface area contributed by atoms with Crippen LogP contribution in [0.25, 0.3) is 0 Å². The second kappa shape index (κ2) is 38.4. The van der Waals surface area contributed by atoms with Crippen LogP contribution in [0, 0.1) is 23.7 Å². The van der Waals surface area contributed by atoms with E-state index in [0.29, 0.717) is 25.8 Å². The molecular weight excluding hydrogens is 969 g/mol. The number of aliphatic hydroxyl groups is 5. The summed E-state index contributed by atoms with van der Waals surface area (Å²) in [5.41, 5.74) is 22.1. The van der Waals surface area contributed by atoms with Gasteiger partial charge < -0.3 is 89.8 Å². The second-order valence-corrected chi connectivity index (χ2v) is 20.5. The van der Waals surface area contributed by atoms with E-state index in [4.69, 9.17) is 32.4 Å². The highest BCUT2D eigenvalue weighted by molar-refractivity contribution is 5.93. The molecule has 0 spiro atoms. The lowest BCUT2D eigenvalue weighted by atomic mass is 9.99. The van der Waals surface area contributed by atoms with Gasteiger partial charge in [0.05, 0.1) is 50.1 Å². The molecule has 21 N–H and O–H groups in total. The summed E-state index contributed by atoms with van der Waals surface area (Å²) < 4.78 is 11.2. The van der Waals surface area contributed by atoms with Crippen LogP contribution in [0.1, 0.15) is 127 Å². The molecule has 26 nitrogen and oxygen atoms in total. The van der Waals surface area contributed by atoms with Crippen LogP contribution in [-0.2, 0) is 43.0 Å². The van der Waals surface area contributed by atoms with Crippen molar-refractivity contribution >= 4 is 41.4 Å². The van der Waals surface area contributed by atoms with Crippen molar-refractivity contribution in [3.05, 3.63) is 0 Å². The Hall–Kier alpha value is -4.19. The third-order valence-corrected chi connectivity index (χ3v) is 11.5. The number of aliphatic hydroxyl groups excluding tert-OH is 5. The third-order valence-electron chi connectivity index (χ3n) is 11.5. The number of rotatable bonds is 42. The summed E-state index contributed by atoms with van der Waals surface area (Å²) in [4.78, 5) is 91.8. The molecule has 0 bridgehead atoms. The number of nitrogens with two attached hydrogens (primary N) is 4. The largest absolute Gasteiger partial charge is 0.450 e. The number of esters is 1. The highest BCUT2D eigenvalue weighted by Crippen LogP contribution is 2.16. The molecule has 432 valence electrons. The van der Waals surface area contributed by atoms with Gasteiger partial charge in [0.25, 0.3) is 5.91 Å². The maximum absolute atomic E-state index is 14.2. The first-order valence-electron chi connectivity index (χ1n) is 26.0. The molecule has 0 aromatic heterocycles. The average molecular weight is 1070 g/mol. The third kappa shape index (κ3) is 31.0. The summed E-state index contributed by atoms with van der Waals surface area (Å²) >= 11 is 0. The first kappa shape index (κ1) is 69.8.